The molecule has 28 heavy (non-hydrogen) atoms. The Morgan fingerprint density at radius 1 is 1.14 bits per heavy atom. The molecule has 4 heterocycles. The molecule has 2 aromatic rings. The first-order valence-corrected chi connectivity index (χ1v) is 9.66. The molecule has 5 atom stereocenters. The van der Waals surface area contributed by atoms with Gasteiger partial charge in [0.15, 0.2) is 5.11 Å². The second-order valence-electron chi connectivity index (χ2n) is 7.54. The average molecular weight is 402 g/mol. The van der Waals surface area contributed by atoms with E-state index in [1.165, 1.54) is 12.1 Å². The Kier molecular flexibility index (Phi) is 4.13. The summed E-state index contributed by atoms with van der Waals surface area (Å²) in [4.78, 5) is 16.4. The summed E-state index contributed by atoms with van der Waals surface area (Å²) in [6.45, 7) is 0.891. The van der Waals surface area contributed by atoms with Crippen molar-refractivity contribution in [3.05, 3.63) is 59.8 Å². The van der Waals surface area contributed by atoms with E-state index in [9.17, 15) is 14.3 Å². The Bertz CT molecular complexity index is 903. The van der Waals surface area contributed by atoms with Crippen molar-refractivity contribution < 1.29 is 23.4 Å². The van der Waals surface area contributed by atoms with Crippen molar-refractivity contribution in [1.29, 1.82) is 0 Å². The van der Waals surface area contributed by atoms with Crippen LogP contribution >= 0.6 is 12.2 Å². The summed E-state index contributed by atoms with van der Waals surface area (Å²) in [5, 5.41) is 11.1. The van der Waals surface area contributed by atoms with Gasteiger partial charge in [-0.25, -0.2) is 4.39 Å². The quantitative estimate of drug-likeness (QED) is 0.620. The van der Waals surface area contributed by atoms with E-state index in [-0.39, 0.29) is 23.9 Å². The Balaban J connectivity index is 1.50. The van der Waals surface area contributed by atoms with E-state index in [1.807, 2.05) is 21.9 Å². The summed E-state index contributed by atoms with van der Waals surface area (Å²) >= 11 is 5.77. The molecule has 146 valence electrons. The Morgan fingerprint density at radius 2 is 1.89 bits per heavy atom. The zero-order valence-corrected chi connectivity index (χ0v) is 15.7. The summed E-state index contributed by atoms with van der Waals surface area (Å²) < 4.78 is 24.3. The van der Waals surface area contributed by atoms with Crippen molar-refractivity contribution >= 4 is 23.3 Å². The van der Waals surface area contributed by atoms with Crippen LogP contribution in [-0.2, 0) is 22.6 Å². The molecule has 0 amide bonds. The van der Waals surface area contributed by atoms with E-state index >= 15 is 0 Å². The van der Waals surface area contributed by atoms with Gasteiger partial charge in [0.25, 0.3) is 0 Å². The van der Waals surface area contributed by atoms with E-state index in [0.29, 0.717) is 24.6 Å². The fraction of sp³-hybridized carbons (Fsp3) is 0.400. The van der Waals surface area contributed by atoms with Crippen LogP contribution in [0.1, 0.15) is 17.7 Å². The molecule has 3 aliphatic heterocycles. The SMILES string of the molecule is O=C1OC2C(O)CC1C1C2N(Cc2ccc(F)cc2)C(=S)N1Cc1ccco1. The molecular formula is C20H19FN2O4S. The van der Waals surface area contributed by atoms with E-state index < -0.39 is 18.1 Å². The highest BCUT2D eigenvalue weighted by molar-refractivity contribution is 7.80. The number of rotatable bonds is 4. The molecule has 1 saturated carbocycles. The van der Waals surface area contributed by atoms with Gasteiger partial charge in [0.1, 0.15) is 17.7 Å². The van der Waals surface area contributed by atoms with Gasteiger partial charge in [0, 0.05) is 6.54 Å². The molecule has 4 fully saturated rings. The monoisotopic (exact) mass is 402 g/mol. The zero-order chi connectivity index (χ0) is 19.4. The van der Waals surface area contributed by atoms with Crippen molar-refractivity contribution in [3.63, 3.8) is 0 Å². The van der Waals surface area contributed by atoms with E-state index in [0.717, 1.165) is 11.3 Å². The Morgan fingerprint density at radius 3 is 2.61 bits per heavy atom. The smallest absolute Gasteiger partial charge is 0.311 e. The Labute approximate surface area is 166 Å². The summed E-state index contributed by atoms with van der Waals surface area (Å²) in [6.07, 6.45) is 0.619. The van der Waals surface area contributed by atoms with Crippen molar-refractivity contribution in [1.82, 2.24) is 9.80 Å². The Hall–Kier alpha value is -2.45. The third-order valence-electron chi connectivity index (χ3n) is 5.91. The van der Waals surface area contributed by atoms with Crippen molar-refractivity contribution in [2.75, 3.05) is 0 Å². The molecule has 1 aromatic carbocycles. The standard InChI is InChI=1S/C20H19FN2O4S/c21-12-5-3-11(4-6-12)9-22-17-16(14-8-15(24)18(17)27-19(14)25)23(20(22)28)10-13-2-1-7-26-13/h1-7,14-18,24H,8-10H2. The largest absolute Gasteiger partial charge is 0.467 e. The van der Waals surface area contributed by atoms with E-state index in [2.05, 4.69) is 0 Å². The predicted molar refractivity (Wildman–Crippen MR) is 100 cm³/mol. The van der Waals surface area contributed by atoms with Gasteiger partial charge in [-0.2, -0.15) is 0 Å². The topological polar surface area (TPSA) is 66.2 Å². The normalized spacial score (nSPS) is 31.3. The van der Waals surface area contributed by atoms with Crippen molar-refractivity contribution in [2.24, 2.45) is 5.92 Å². The van der Waals surface area contributed by atoms with Crippen LogP contribution in [0.25, 0.3) is 0 Å². The van der Waals surface area contributed by atoms with Crippen LogP contribution in [0.3, 0.4) is 0 Å². The summed E-state index contributed by atoms with van der Waals surface area (Å²) in [5.74, 6) is -0.283. The predicted octanol–water partition coefficient (Wildman–Crippen LogP) is 2.06. The van der Waals surface area contributed by atoms with Gasteiger partial charge in [-0.3, -0.25) is 4.79 Å². The first-order valence-electron chi connectivity index (χ1n) is 9.25. The van der Waals surface area contributed by atoms with Gasteiger partial charge in [-0.05, 0) is 48.5 Å². The molecule has 6 nitrogen and oxygen atoms in total. The molecule has 3 saturated heterocycles. The average Bonchev–Trinajstić information content (AvgIpc) is 3.28. The lowest BCUT2D eigenvalue weighted by atomic mass is 9.74. The second-order valence-corrected chi connectivity index (χ2v) is 7.90. The number of benzene rings is 1. The van der Waals surface area contributed by atoms with Crippen molar-refractivity contribution in [2.45, 2.75) is 43.8 Å². The van der Waals surface area contributed by atoms with Crippen molar-refractivity contribution in [3.8, 4) is 0 Å². The lowest BCUT2D eigenvalue weighted by Crippen LogP contribution is -2.66. The highest BCUT2D eigenvalue weighted by Crippen LogP contribution is 2.45. The fourth-order valence-corrected chi connectivity index (χ4v) is 5.06. The van der Waals surface area contributed by atoms with Crippen LogP contribution in [0.15, 0.2) is 47.1 Å². The maximum atomic E-state index is 13.3. The number of carbonyl (C=O) groups is 1. The van der Waals surface area contributed by atoms with Crippen LogP contribution in [0.5, 0.6) is 0 Å². The maximum Gasteiger partial charge on any atom is 0.311 e. The highest BCUT2D eigenvalue weighted by atomic mass is 32.1. The summed E-state index contributed by atoms with van der Waals surface area (Å²) in [6, 6.07) is 9.49. The van der Waals surface area contributed by atoms with Gasteiger partial charge >= 0.3 is 5.97 Å². The molecule has 5 unspecified atom stereocenters. The number of furan rings is 1. The molecule has 1 aromatic heterocycles. The van der Waals surface area contributed by atoms with Gasteiger partial charge in [0.2, 0.25) is 0 Å². The number of esters is 1. The minimum absolute atomic E-state index is 0.187. The van der Waals surface area contributed by atoms with Gasteiger partial charge in [-0.15, -0.1) is 0 Å². The minimum atomic E-state index is -0.717. The zero-order valence-electron chi connectivity index (χ0n) is 14.9. The molecule has 6 rings (SSSR count). The van der Waals surface area contributed by atoms with Crippen LogP contribution in [-0.4, -0.2) is 50.3 Å². The molecular weight excluding hydrogens is 383 g/mol. The van der Waals surface area contributed by atoms with Gasteiger partial charge < -0.3 is 24.1 Å². The molecule has 1 N–H and O–H groups in total. The molecule has 2 bridgehead atoms. The second kappa shape index (κ2) is 6.56. The lowest BCUT2D eigenvalue weighted by Gasteiger charge is -2.49. The number of hydrogen-bond donors (Lipinski definition) is 1. The molecule has 0 spiro atoms. The third kappa shape index (κ3) is 2.70. The number of ether oxygens (including phenoxy) is 1. The first-order chi connectivity index (χ1) is 13.5. The first kappa shape index (κ1) is 17.6. The van der Waals surface area contributed by atoms with Gasteiger partial charge in [-0.1, -0.05) is 12.1 Å². The molecule has 4 aliphatic rings. The van der Waals surface area contributed by atoms with Crippen LogP contribution in [0.2, 0.25) is 0 Å². The molecule has 8 heteroatoms. The highest BCUT2D eigenvalue weighted by Gasteiger charge is 2.62. The van der Waals surface area contributed by atoms with Crippen LogP contribution in [0, 0.1) is 11.7 Å². The third-order valence-corrected chi connectivity index (χ3v) is 6.38. The number of aliphatic hydroxyl groups excluding tert-OH is 1. The number of aliphatic hydroxyl groups is 1. The fourth-order valence-electron chi connectivity index (χ4n) is 4.69. The number of nitrogens with zero attached hydrogens (tertiary/aromatic N) is 2. The van der Waals surface area contributed by atoms with E-state index in [4.69, 9.17) is 21.4 Å². The number of fused-ring (bicyclic) bond motifs is 2. The number of thiocarbonyl (C=S) groups is 1. The molecule has 1 aliphatic carbocycles. The lowest BCUT2D eigenvalue weighted by molar-refractivity contribution is -0.199. The molecule has 0 radical (unpaired) electrons. The summed E-state index contributed by atoms with van der Waals surface area (Å²) in [5.41, 5.74) is 0.893. The number of carbonyl (C=O) groups excluding carboxylic acids is 1. The maximum absolute atomic E-state index is 13.3. The minimum Gasteiger partial charge on any atom is -0.467 e. The van der Waals surface area contributed by atoms with Gasteiger partial charge in [0.05, 0.1) is 36.9 Å². The van der Waals surface area contributed by atoms with Crippen LogP contribution in [0.4, 0.5) is 4.39 Å². The van der Waals surface area contributed by atoms with Crippen LogP contribution < -0.4 is 0 Å². The number of halogens is 1. The van der Waals surface area contributed by atoms with E-state index in [1.54, 1.807) is 18.4 Å². The number of hydrogen-bond acceptors (Lipinski definition) is 5. The summed E-state index contributed by atoms with van der Waals surface area (Å²) in [7, 11) is 0.